The number of carbonyl (C=O) groups is 1. The number of hydrogen-bond acceptors (Lipinski definition) is 3. The van der Waals surface area contributed by atoms with Crippen molar-refractivity contribution in [2.75, 3.05) is 7.11 Å². The average molecular weight is 266 g/mol. The Labute approximate surface area is 117 Å². The third-order valence-corrected chi connectivity index (χ3v) is 3.30. The van der Waals surface area contributed by atoms with E-state index in [1.807, 2.05) is 60.7 Å². The first-order chi connectivity index (χ1) is 9.81. The lowest BCUT2D eigenvalue weighted by atomic mass is 10.0. The van der Waals surface area contributed by atoms with Crippen LogP contribution in [0.4, 0.5) is 0 Å². The number of rotatable bonds is 3. The van der Waals surface area contributed by atoms with Gasteiger partial charge < -0.3 is 9.47 Å². The molecule has 1 aliphatic rings. The first-order valence-electron chi connectivity index (χ1n) is 6.41. The Bertz CT molecular complexity index is 644. The van der Waals surface area contributed by atoms with Gasteiger partial charge >= 0.3 is 5.97 Å². The van der Waals surface area contributed by atoms with E-state index in [1.165, 1.54) is 0 Å². The number of carbonyl (C=O) groups excluding carboxylic acids is 1. The van der Waals surface area contributed by atoms with Gasteiger partial charge in [0.05, 0.1) is 7.11 Å². The largest absolute Gasteiger partial charge is 0.496 e. The SMILES string of the molecule is COC1=C(c2ccccc2)C(=O)OC1c1ccccc1. The molecule has 3 heteroatoms. The zero-order valence-corrected chi connectivity index (χ0v) is 11.1. The fourth-order valence-electron chi connectivity index (χ4n) is 2.37. The lowest BCUT2D eigenvalue weighted by molar-refractivity contribution is -0.138. The normalized spacial score (nSPS) is 18.1. The molecule has 0 aliphatic carbocycles. The van der Waals surface area contributed by atoms with Crippen LogP contribution in [-0.2, 0) is 14.3 Å². The van der Waals surface area contributed by atoms with Crippen molar-refractivity contribution in [2.45, 2.75) is 6.10 Å². The Morgan fingerprint density at radius 1 is 0.950 bits per heavy atom. The molecule has 0 saturated heterocycles. The van der Waals surface area contributed by atoms with E-state index in [4.69, 9.17) is 9.47 Å². The van der Waals surface area contributed by atoms with Crippen LogP contribution in [0.15, 0.2) is 66.4 Å². The highest BCUT2D eigenvalue weighted by Gasteiger charge is 2.37. The van der Waals surface area contributed by atoms with E-state index in [1.54, 1.807) is 7.11 Å². The van der Waals surface area contributed by atoms with Gasteiger partial charge in [-0.15, -0.1) is 0 Å². The third-order valence-electron chi connectivity index (χ3n) is 3.30. The fourth-order valence-corrected chi connectivity index (χ4v) is 2.37. The monoisotopic (exact) mass is 266 g/mol. The van der Waals surface area contributed by atoms with Crippen molar-refractivity contribution >= 4 is 11.5 Å². The van der Waals surface area contributed by atoms with Crippen LogP contribution in [-0.4, -0.2) is 13.1 Å². The summed E-state index contributed by atoms with van der Waals surface area (Å²) in [5.41, 5.74) is 2.22. The molecule has 2 aromatic carbocycles. The lowest BCUT2D eigenvalue weighted by Crippen LogP contribution is -2.03. The van der Waals surface area contributed by atoms with E-state index in [0.29, 0.717) is 11.3 Å². The van der Waals surface area contributed by atoms with Crippen molar-refractivity contribution in [1.29, 1.82) is 0 Å². The smallest absolute Gasteiger partial charge is 0.343 e. The summed E-state index contributed by atoms with van der Waals surface area (Å²) in [5, 5.41) is 0. The average Bonchev–Trinajstić information content (AvgIpc) is 2.85. The van der Waals surface area contributed by atoms with Gasteiger partial charge in [-0.05, 0) is 5.56 Å². The van der Waals surface area contributed by atoms with Gasteiger partial charge in [0.15, 0.2) is 11.9 Å². The van der Waals surface area contributed by atoms with E-state index in [2.05, 4.69) is 0 Å². The van der Waals surface area contributed by atoms with Crippen molar-refractivity contribution in [3.05, 3.63) is 77.5 Å². The number of ether oxygens (including phenoxy) is 2. The summed E-state index contributed by atoms with van der Waals surface area (Å²) < 4.78 is 10.9. The van der Waals surface area contributed by atoms with Crippen LogP contribution >= 0.6 is 0 Å². The van der Waals surface area contributed by atoms with Gasteiger partial charge in [0.2, 0.25) is 0 Å². The molecule has 0 bridgehead atoms. The molecule has 0 aromatic heterocycles. The van der Waals surface area contributed by atoms with Crippen LogP contribution < -0.4 is 0 Å². The van der Waals surface area contributed by atoms with Crippen LogP contribution in [0.1, 0.15) is 17.2 Å². The Balaban J connectivity index is 2.09. The standard InChI is InChI=1S/C17H14O3/c1-19-16-14(12-8-4-2-5-9-12)17(18)20-15(16)13-10-6-3-7-11-13/h2-11,15H,1H3. The molecule has 0 radical (unpaired) electrons. The van der Waals surface area contributed by atoms with Crippen molar-refractivity contribution in [2.24, 2.45) is 0 Å². The minimum absolute atomic E-state index is 0.345. The van der Waals surface area contributed by atoms with Crippen LogP contribution in [0.25, 0.3) is 5.57 Å². The van der Waals surface area contributed by atoms with Gasteiger partial charge in [-0.2, -0.15) is 0 Å². The summed E-state index contributed by atoms with van der Waals surface area (Å²) in [6.07, 6.45) is -0.469. The molecule has 3 rings (SSSR count). The van der Waals surface area contributed by atoms with Crippen LogP contribution in [0, 0.1) is 0 Å². The summed E-state index contributed by atoms with van der Waals surface area (Å²) in [6.45, 7) is 0. The summed E-state index contributed by atoms with van der Waals surface area (Å²) in [6, 6.07) is 19.0. The molecule has 2 aromatic rings. The fraction of sp³-hybridized carbons (Fsp3) is 0.118. The second-order valence-electron chi connectivity index (χ2n) is 4.51. The van der Waals surface area contributed by atoms with E-state index in [9.17, 15) is 4.79 Å². The van der Waals surface area contributed by atoms with E-state index >= 15 is 0 Å². The van der Waals surface area contributed by atoms with Crippen molar-refractivity contribution in [3.63, 3.8) is 0 Å². The second-order valence-corrected chi connectivity index (χ2v) is 4.51. The summed E-state index contributed by atoms with van der Waals surface area (Å²) >= 11 is 0. The predicted octanol–water partition coefficient (Wildman–Crippen LogP) is 3.34. The molecule has 3 nitrogen and oxygen atoms in total. The maximum atomic E-state index is 12.2. The second kappa shape index (κ2) is 5.21. The summed E-state index contributed by atoms with van der Waals surface area (Å²) in [4.78, 5) is 12.2. The molecule has 1 aliphatic heterocycles. The zero-order valence-electron chi connectivity index (χ0n) is 11.1. The Hall–Kier alpha value is -2.55. The topological polar surface area (TPSA) is 35.5 Å². The van der Waals surface area contributed by atoms with Crippen molar-refractivity contribution in [1.82, 2.24) is 0 Å². The quantitative estimate of drug-likeness (QED) is 0.799. The minimum Gasteiger partial charge on any atom is -0.496 e. The zero-order chi connectivity index (χ0) is 13.9. The number of methoxy groups -OCH3 is 1. The predicted molar refractivity (Wildman–Crippen MR) is 75.6 cm³/mol. The molecule has 1 heterocycles. The van der Waals surface area contributed by atoms with Crippen LogP contribution in [0.2, 0.25) is 0 Å². The Kier molecular flexibility index (Phi) is 3.25. The molecule has 20 heavy (non-hydrogen) atoms. The van der Waals surface area contributed by atoms with Crippen LogP contribution in [0.5, 0.6) is 0 Å². The molecule has 100 valence electrons. The molecule has 1 unspecified atom stereocenters. The first-order valence-corrected chi connectivity index (χ1v) is 6.41. The molecule has 0 amide bonds. The third kappa shape index (κ3) is 2.07. The molecule has 0 fully saturated rings. The maximum Gasteiger partial charge on any atom is 0.343 e. The van der Waals surface area contributed by atoms with Gasteiger partial charge in [0.25, 0.3) is 0 Å². The van der Waals surface area contributed by atoms with Gasteiger partial charge in [0, 0.05) is 5.56 Å². The van der Waals surface area contributed by atoms with Crippen LogP contribution in [0.3, 0.4) is 0 Å². The molecule has 0 saturated carbocycles. The lowest BCUT2D eigenvalue weighted by Gasteiger charge is -2.13. The highest BCUT2D eigenvalue weighted by molar-refractivity contribution is 6.19. The Morgan fingerprint density at radius 3 is 2.15 bits per heavy atom. The van der Waals surface area contributed by atoms with E-state index in [-0.39, 0.29) is 5.97 Å². The van der Waals surface area contributed by atoms with Crippen molar-refractivity contribution < 1.29 is 14.3 Å². The number of esters is 1. The molecular weight excluding hydrogens is 252 g/mol. The van der Waals surface area contributed by atoms with Gasteiger partial charge in [-0.1, -0.05) is 60.7 Å². The number of benzene rings is 2. The maximum absolute atomic E-state index is 12.2. The highest BCUT2D eigenvalue weighted by Crippen LogP contribution is 2.39. The van der Waals surface area contributed by atoms with E-state index in [0.717, 1.165) is 11.1 Å². The first kappa shape index (κ1) is 12.5. The Morgan fingerprint density at radius 2 is 1.55 bits per heavy atom. The minimum atomic E-state index is -0.469. The van der Waals surface area contributed by atoms with Gasteiger partial charge in [0.1, 0.15) is 5.57 Å². The molecule has 0 N–H and O–H groups in total. The number of hydrogen-bond donors (Lipinski definition) is 0. The van der Waals surface area contributed by atoms with Gasteiger partial charge in [-0.25, -0.2) is 4.79 Å². The molecule has 1 atom stereocenters. The molecule has 0 spiro atoms. The van der Waals surface area contributed by atoms with E-state index < -0.39 is 6.10 Å². The summed E-state index contributed by atoms with van der Waals surface area (Å²) in [5.74, 6) is 0.217. The number of cyclic esters (lactones) is 1. The van der Waals surface area contributed by atoms with Gasteiger partial charge in [-0.3, -0.25) is 0 Å². The summed E-state index contributed by atoms with van der Waals surface area (Å²) in [7, 11) is 1.57. The highest BCUT2D eigenvalue weighted by atomic mass is 16.6. The molecular formula is C17H14O3. The van der Waals surface area contributed by atoms with Crippen molar-refractivity contribution in [3.8, 4) is 0 Å².